The van der Waals surface area contributed by atoms with Gasteiger partial charge in [0.25, 0.3) is 5.91 Å². The third-order valence-electron chi connectivity index (χ3n) is 4.35. The second kappa shape index (κ2) is 6.82. The number of hydrogen-bond acceptors (Lipinski definition) is 3. The summed E-state index contributed by atoms with van der Waals surface area (Å²) in [6.45, 7) is 3.47. The van der Waals surface area contributed by atoms with E-state index in [0.29, 0.717) is 11.5 Å². The SMILES string of the molecule is C[C@@H]1CCCN(C(=O)COC(=O)c2cccc3ccccc23)C1. The van der Waals surface area contributed by atoms with Gasteiger partial charge in [0.1, 0.15) is 0 Å². The van der Waals surface area contributed by atoms with E-state index < -0.39 is 5.97 Å². The highest BCUT2D eigenvalue weighted by atomic mass is 16.5. The second-order valence-corrected chi connectivity index (χ2v) is 6.19. The summed E-state index contributed by atoms with van der Waals surface area (Å²) in [5.41, 5.74) is 0.503. The molecule has 1 saturated heterocycles. The highest BCUT2D eigenvalue weighted by Gasteiger charge is 2.22. The Balaban J connectivity index is 1.66. The molecule has 4 nitrogen and oxygen atoms in total. The fourth-order valence-electron chi connectivity index (χ4n) is 3.12. The average molecular weight is 311 g/mol. The van der Waals surface area contributed by atoms with Crippen LogP contribution in [0.1, 0.15) is 30.1 Å². The van der Waals surface area contributed by atoms with Crippen LogP contribution in [0.4, 0.5) is 0 Å². The van der Waals surface area contributed by atoms with E-state index in [1.54, 1.807) is 11.0 Å². The van der Waals surface area contributed by atoms with Crippen LogP contribution in [-0.2, 0) is 9.53 Å². The molecule has 1 aliphatic heterocycles. The number of carbonyl (C=O) groups is 2. The van der Waals surface area contributed by atoms with Gasteiger partial charge in [-0.05, 0) is 35.6 Å². The molecule has 1 atom stereocenters. The number of nitrogens with zero attached hydrogens (tertiary/aromatic N) is 1. The van der Waals surface area contributed by atoms with Gasteiger partial charge in [0.15, 0.2) is 6.61 Å². The van der Waals surface area contributed by atoms with Crippen LogP contribution in [0.5, 0.6) is 0 Å². The normalized spacial score (nSPS) is 18.0. The minimum Gasteiger partial charge on any atom is -0.452 e. The molecule has 0 radical (unpaired) electrons. The van der Waals surface area contributed by atoms with Crippen molar-refractivity contribution in [2.45, 2.75) is 19.8 Å². The van der Waals surface area contributed by atoms with Crippen LogP contribution < -0.4 is 0 Å². The van der Waals surface area contributed by atoms with Crippen molar-refractivity contribution in [2.24, 2.45) is 5.92 Å². The summed E-state index contributed by atoms with van der Waals surface area (Å²) in [6.07, 6.45) is 2.17. The van der Waals surface area contributed by atoms with Crippen LogP contribution in [-0.4, -0.2) is 36.5 Å². The summed E-state index contributed by atoms with van der Waals surface area (Å²) >= 11 is 0. The smallest absolute Gasteiger partial charge is 0.339 e. The Morgan fingerprint density at radius 3 is 2.78 bits per heavy atom. The Labute approximate surface area is 136 Å². The van der Waals surface area contributed by atoms with Gasteiger partial charge in [0.2, 0.25) is 0 Å². The lowest BCUT2D eigenvalue weighted by atomic mass is 10.0. The molecule has 0 saturated carbocycles. The molecule has 0 N–H and O–H groups in total. The predicted molar refractivity (Wildman–Crippen MR) is 89.2 cm³/mol. The number of benzene rings is 2. The molecule has 120 valence electrons. The lowest BCUT2D eigenvalue weighted by molar-refractivity contribution is -0.136. The molecule has 0 aliphatic carbocycles. The molecule has 3 rings (SSSR count). The molecule has 1 amide bonds. The van der Waals surface area contributed by atoms with Crippen LogP contribution in [0.15, 0.2) is 42.5 Å². The van der Waals surface area contributed by atoms with Crippen LogP contribution in [0.2, 0.25) is 0 Å². The minimum absolute atomic E-state index is 0.106. The highest BCUT2D eigenvalue weighted by molar-refractivity contribution is 6.04. The summed E-state index contributed by atoms with van der Waals surface area (Å²) in [7, 11) is 0. The van der Waals surface area contributed by atoms with E-state index in [1.807, 2.05) is 36.4 Å². The molecular weight excluding hydrogens is 290 g/mol. The average Bonchev–Trinajstić information content (AvgIpc) is 2.59. The number of fused-ring (bicyclic) bond motifs is 1. The first-order valence-corrected chi connectivity index (χ1v) is 8.08. The van der Waals surface area contributed by atoms with E-state index in [2.05, 4.69) is 6.92 Å². The minimum atomic E-state index is -0.444. The van der Waals surface area contributed by atoms with Gasteiger partial charge in [-0.25, -0.2) is 4.79 Å². The fraction of sp³-hybridized carbons (Fsp3) is 0.368. The zero-order valence-electron chi connectivity index (χ0n) is 13.3. The molecule has 1 fully saturated rings. The zero-order chi connectivity index (χ0) is 16.2. The maximum atomic E-state index is 12.3. The fourth-order valence-corrected chi connectivity index (χ4v) is 3.12. The maximum absolute atomic E-state index is 12.3. The van der Waals surface area contributed by atoms with E-state index in [4.69, 9.17) is 4.74 Å². The third kappa shape index (κ3) is 3.52. The summed E-state index contributed by atoms with van der Waals surface area (Å²) in [4.78, 5) is 26.3. The van der Waals surface area contributed by atoms with E-state index in [0.717, 1.165) is 36.7 Å². The molecule has 2 aromatic rings. The monoisotopic (exact) mass is 311 g/mol. The number of hydrogen-bond donors (Lipinski definition) is 0. The lowest BCUT2D eigenvalue weighted by Crippen LogP contribution is -2.41. The number of esters is 1. The van der Waals surface area contributed by atoms with Gasteiger partial charge in [0.05, 0.1) is 5.56 Å². The summed E-state index contributed by atoms with van der Waals surface area (Å²) in [5, 5.41) is 1.83. The van der Waals surface area contributed by atoms with Crippen molar-refractivity contribution < 1.29 is 14.3 Å². The molecule has 0 unspecified atom stereocenters. The van der Waals surface area contributed by atoms with Gasteiger partial charge in [-0.1, -0.05) is 43.3 Å². The van der Waals surface area contributed by atoms with Crippen molar-refractivity contribution in [3.05, 3.63) is 48.0 Å². The number of amides is 1. The van der Waals surface area contributed by atoms with Crippen LogP contribution >= 0.6 is 0 Å². The van der Waals surface area contributed by atoms with Crippen molar-refractivity contribution in [2.75, 3.05) is 19.7 Å². The topological polar surface area (TPSA) is 46.6 Å². The number of ether oxygens (including phenoxy) is 1. The molecule has 0 bridgehead atoms. The zero-order valence-corrected chi connectivity index (χ0v) is 13.3. The Kier molecular flexibility index (Phi) is 4.60. The van der Waals surface area contributed by atoms with Crippen LogP contribution in [0.3, 0.4) is 0 Å². The third-order valence-corrected chi connectivity index (χ3v) is 4.35. The molecule has 2 aromatic carbocycles. The predicted octanol–water partition coefficient (Wildman–Crippen LogP) is 3.26. The number of likely N-dealkylation sites (tertiary alicyclic amines) is 1. The quantitative estimate of drug-likeness (QED) is 0.817. The molecule has 23 heavy (non-hydrogen) atoms. The molecule has 4 heteroatoms. The summed E-state index contributed by atoms with van der Waals surface area (Å²) < 4.78 is 5.26. The van der Waals surface area contributed by atoms with Crippen molar-refractivity contribution in [1.82, 2.24) is 4.90 Å². The van der Waals surface area contributed by atoms with Crippen molar-refractivity contribution in [1.29, 1.82) is 0 Å². The van der Waals surface area contributed by atoms with Gasteiger partial charge in [0, 0.05) is 13.1 Å². The first kappa shape index (κ1) is 15.5. The van der Waals surface area contributed by atoms with E-state index in [-0.39, 0.29) is 12.5 Å². The second-order valence-electron chi connectivity index (χ2n) is 6.19. The van der Waals surface area contributed by atoms with E-state index in [1.165, 1.54) is 0 Å². The number of piperidine rings is 1. The van der Waals surface area contributed by atoms with Crippen molar-refractivity contribution in [3.8, 4) is 0 Å². The molecule has 0 aromatic heterocycles. The van der Waals surface area contributed by atoms with Gasteiger partial charge in [-0.2, -0.15) is 0 Å². The summed E-state index contributed by atoms with van der Waals surface area (Å²) in [5.74, 6) is -0.0354. The largest absolute Gasteiger partial charge is 0.452 e. The van der Waals surface area contributed by atoms with Gasteiger partial charge in [-0.15, -0.1) is 0 Å². The first-order valence-electron chi connectivity index (χ1n) is 8.08. The Bertz CT molecular complexity index is 720. The number of carbonyl (C=O) groups excluding carboxylic acids is 2. The standard InChI is InChI=1S/C19H21NO3/c1-14-6-5-11-20(12-14)18(21)13-23-19(22)17-10-4-8-15-7-2-3-9-16(15)17/h2-4,7-10,14H,5-6,11-13H2,1H3/t14-/m1/s1. The summed E-state index contributed by atoms with van der Waals surface area (Å²) in [6, 6.07) is 13.2. The van der Waals surface area contributed by atoms with E-state index in [9.17, 15) is 9.59 Å². The van der Waals surface area contributed by atoms with Crippen molar-refractivity contribution >= 4 is 22.6 Å². The highest BCUT2D eigenvalue weighted by Crippen LogP contribution is 2.19. The molecule has 1 heterocycles. The maximum Gasteiger partial charge on any atom is 0.339 e. The van der Waals surface area contributed by atoms with Crippen molar-refractivity contribution in [3.63, 3.8) is 0 Å². The van der Waals surface area contributed by atoms with Gasteiger partial charge < -0.3 is 9.64 Å². The Morgan fingerprint density at radius 1 is 1.17 bits per heavy atom. The molecule has 1 aliphatic rings. The molecule has 0 spiro atoms. The van der Waals surface area contributed by atoms with Gasteiger partial charge in [-0.3, -0.25) is 4.79 Å². The van der Waals surface area contributed by atoms with E-state index >= 15 is 0 Å². The lowest BCUT2D eigenvalue weighted by Gasteiger charge is -2.30. The Hall–Kier alpha value is -2.36. The van der Waals surface area contributed by atoms with Crippen LogP contribution in [0, 0.1) is 5.92 Å². The van der Waals surface area contributed by atoms with Gasteiger partial charge >= 0.3 is 5.97 Å². The van der Waals surface area contributed by atoms with Crippen LogP contribution in [0.25, 0.3) is 10.8 Å². The number of rotatable bonds is 3. The Morgan fingerprint density at radius 2 is 1.96 bits per heavy atom. The molecular formula is C19H21NO3. The first-order chi connectivity index (χ1) is 11.1.